The Morgan fingerprint density at radius 2 is 1.79 bits per heavy atom. The molecule has 0 aromatic rings. The topological polar surface area (TPSA) is 49.4 Å². The van der Waals surface area contributed by atoms with Crippen LogP contribution in [-0.2, 0) is 10.2 Å². The molecule has 0 bridgehead atoms. The van der Waals surface area contributed by atoms with Gasteiger partial charge in [0.25, 0.3) is 10.2 Å². The fourth-order valence-corrected chi connectivity index (χ4v) is 2.99. The molecule has 0 radical (unpaired) electrons. The molecule has 0 atom stereocenters. The Labute approximate surface area is 86.9 Å². The van der Waals surface area contributed by atoms with Crippen LogP contribution in [0.15, 0.2) is 0 Å². The first-order valence-electron chi connectivity index (χ1n) is 5.19. The molecule has 1 saturated carbocycles. The zero-order chi connectivity index (χ0) is 10.8. The molecule has 0 aromatic heterocycles. The lowest BCUT2D eigenvalue weighted by Gasteiger charge is -2.23. The van der Waals surface area contributed by atoms with Gasteiger partial charge in [-0.15, -0.1) is 0 Å². The monoisotopic (exact) mass is 220 g/mol. The summed E-state index contributed by atoms with van der Waals surface area (Å²) in [4.78, 5) is 0. The minimum Gasteiger partial charge on any atom is -0.199 e. The van der Waals surface area contributed by atoms with Gasteiger partial charge >= 0.3 is 0 Å². The van der Waals surface area contributed by atoms with E-state index in [0.717, 1.165) is 25.7 Å². The van der Waals surface area contributed by atoms with Gasteiger partial charge in [0.1, 0.15) is 0 Å². The van der Waals surface area contributed by atoms with E-state index in [-0.39, 0.29) is 12.1 Å². The van der Waals surface area contributed by atoms with E-state index in [4.69, 9.17) is 0 Å². The number of hydrogen-bond donors (Lipinski definition) is 1. The number of hydrogen-bond acceptors (Lipinski definition) is 2. The van der Waals surface area contributed by atoms with E-state index in [9.17, 15) is 8.42 Å². The van der Waals surface area contributed by atoms with E-state index in [1.54, 1.807) is 7.05 Å². The number of nitrogens with zero attached hydrogens (tertiary/aromatic N) is 1. The molecule has 1 fully saturated rings. The second-order valence-electron chi connectivity index (χ2n) is 4.21. The zero-order valence-electron chi connectivity index (χ0n) is 9.16. The summed E-state index contributed by atoms with van der Waals surface area (Å²) in [5.41, 5.74) is 0. The van der Waals surface area contributed by atoms with Crippen LogP contribution in [0.4, 0.5) is 0 Å². The van der Waals surface area contributed by atoms with Crippen molar-refractivity contribution in [2.75, 3.05) is 7.05 Å². The summed E-state index contributed by atoms with van der Waals surface area (Å²) in [6.45, 7) is 3.74. The standard InChI is InChI=1S/C9H20N2O2S/c1-8(2)11(3)14(12,13)10-9-6-4-5-7-9/h8-10H,4-7H2,1-3H3. The van der Waals surface area contributed by atoms with Crippen LogP contribution in [0.5, 0.6) is 0 Å². The van der Waals surface area contributed by atoms with Crippen molar-refractivity contribution in [3.05, 3.63) is 0 Å². The van der Waals surface area contributed by atoms with Crippen molar-refractivity contribution in [2.24, 2.45) is 0 Å². The Bertz CT molecular complexity index is 269. The molecule has 0 unspecified atom stereocenters. The highest BCUT2D eigenvalue weighted by molar-refractivity contribution is 7.87. The maximum atomic E-state index is 11.7. The van der Waals surface area contributed by atoms with Crippen LogP contribution in [0.25, 0.3) is 0 Å². The van der Waals surface area contributed by atoms with Gasteiger partial charge in [-0.25, -0.2) is 0 Å². The van der Waals surface area contributed by atoms with Gasteiger partial charge < -0.3 is 0 Å². The summed E-state index contributed by atoms with van der Waals surface area (Å²) in [6, 6.07) is 0.162. The molecule has 1 N–H and O–H groups in total. The molecule has 4 nitrogen and oxygen atoms in total. The third kappa shape index (κ3) is 2.93. The van der Waals surface area contributed by atoms with Crippen molar-refractivity contribution < 1.29 is 8.42 Å². The largest absolute Gasteiger partial charge is 0.279 e. The zero-order valence-corrected chi connectivity index (χ0v) is 9.97. The van der Waals surface area contributed by atoms with Gasteiger partial charge in [-0.2, -0.15) is 17.4 Å². The molecule has 0 aromatic carbocycles. The SMILES string of the molecule is CC(C)N(C)S(=O)(=O)NC1CCCC1. The van der Waals surface area contributed by atoms with Gasteiger partial charge in [0.05, 0.1) is 0 Å². The third-order valence-electron chi connectivity index (χ3n) is 2.78. The summed E-state index contributed by atoms with van der Waals surface area (Å²) in [7, 11) is -1.65. The molecule has 0 saturated heterocycles. The third-order valence-corrected chi connectivity index (χ3v) is 4.59. The van der Waals surface area contributed by atoms with Crippen LogP contribution in [0.2, 0.25) is 0 Å². The van der Waals surface area contributed by atoms with E-state index < -0.39 is 10.2 Å². The average molecular weight is 220 g/mol. The normalized spacial score (nSPS) is 19.8. The van der Waals surface area contributed by atoms with Crippen molar-refractivity contribution in [1.29, 1.82) is 0 Å². The Balaban J connectivity index is 2.56. The summed E-state index contributed by atoms with van der Waals surface area (Å²) in [5, 5.41) is 0. The second kappa shape index (κ2) is 4.59. The van der Waals surface area contributed by atoms with Crippen molar-refractivity contribution in [3.63, 3.8) is 0 Å². The fourth-order valence-electron chi connectivity index (χ4n) is 1.61. The summed E-state index contributed by atoms with van der Waals surface area (Å²) in [5.74, 6) is 0. The highest BCUT2D eigenvalue weighted by Crippen LogP contribution is 2.19. The summed E-state index contributed by atoms with van der Waals surface area (Å²) in [6.07, 6.45) is 4.23. The van der Waals surface area contributed by atoms with Gasteiger partial charge in [0.15, 0.2) is 0 Å². The van der Waals surface area contributed by atoms with E-state index in [2.05, 4.69) is 4.72 Å². The first-order valence-corrected chi connectivity index (χ1v) is 6.63. The van der Waals surface area contributed by atoms with Crippen molar-refractivity contribution >= 4 is 10.2 Å². The van der Waals surface area contributed by atoms with E-state index in [0.29, 0.717) is 0 Å². The minimum absolute atomic E-state index is 0.00824. The van der Waals surface area contributed by atoms with Crippen LogP contribution in [0.3, 0.4) is 0 Å². The lowest BCUT2D eigenvalue weighted by Crippen LogP contribution is -2.45. The molecule has 0 aliphatic heterocycles. The molecule has 1 rings (SSSR count). The van der Waals surface area contributed by atoms with Crippen molar-refractivity contribution in [1.82, 2.24) is 9.03 Å². The van der Waals surface area contributed by atoms with Crippen LogP contribution in [0, 0.1) is 0 Å². The number of rotatable bonds is 4. The molecular weight excluding hydrogens is 200 g/mol. The second-order valence-corrected chi connectivity index (χ2v) is 5.98. The van der Waals surface area contributed by atoms with Gasteiger partial charge in [0.2, 0.25) is 0 Å². The van der Waals surface area contributed by atoms with Gasteiger partial charge in [-0.1, -0.05) is 12.8 Å². The van der Waals surface area contributed by atoms with Crippen LogP contribution in [-0.4, -0.2) is 31.9 Å². The highest BCUT2D eigenvalue weighted by atomic mass is 32.2. The first-order chi connectivity index (χ1) is 6.43. The van der Waals surface area contributed by atoms with E-state index >= 15 is 0 Å². The van der Waals surface area contributed by atoms with E-state index in [1.807, 2.05) is 13.8 Å². The Hall–Kier alpha value is -0.130. The lowest BCUT2D eigenvalue weighted by atomic mass is 10.3. The molecular formula is C9H20N2O2S. The van der Waals surface area contributed by atoms with E-state index in [1.165, 1.54) is 4.31 Å². The maximum Gasteiger partial charge on any atom is 0.279 e. The maximum absolute atomic E-state index is 11.7. The molecule has 0 amide bonds. The van der Waals surface area contributed by atoms with Crippen LogP contribution >= 0.6 is 0 Å². The fraction of sp³-hybridized carbons (Fsp3) is 1.00. The number of nitrogens with one attached hydrogen (secondary N) is 1. The van der Waals surface area contributed by atoms with Crippen LogP contribution < -0.4 is 4.72 Å². The summed E-state index contributed by atoms with van der Waals surface area (Å²) >= 11 is 0. The van der Waals surface area contributed by atoms with Gasteiger partial charge in [-0.3, -0.25) is 0 Å². The summed E-state index contributed by atoms with van der Waals surface area (Å²) < 4.78 is 27.6. The molecule has 1 aliphatic carbocycles. The Morgan fingerprint density at radius 3 is 2.21 bits per heavy atom. The lowest BCUT2D eigenvalue weighted by molar-refractivity contribution is 0.396. The van der Waals surface area contributed by atoms with Crippen molar-refractivity contribution in [2.45, 2.75) is 51.6 Å². The smallest absolute Gasteiger partial charge is 0.199 e. The Morgan fingerprint density at radius 1 is 1.29 bits per heavy atom. The Kier molecular flexibility index (Phi) is 3.92. The molecule has 0 heterocycles. The molecule has 0 spiro atoms. The highest BCUT2D eigenvalue weighted by Gasteiger charge is 2.25. The van der Waals surface area contributed by atoms with Gasteiger partial charge in [0, 0.05) is 19.1 Å². The predicted octanol–water partition coefficient (Wildman–Crippen LogP) is 1.10. The molecule has 84 valence electrons. The molecule has 14 heavy (non-hydrogen) atoms. The van der Waals surface area contributed by atoms with Crippen molar-refractivity contribution in [3.8, 4) is 0 Å². The van der Waals surface area contributed by atoms with Crippen LogP contribution in [0.1, 0.15) is 39.5 Å². The first kappa shape index (κ1) is 11.9. The average Bonchev–Trinajstić information content (AvgIpc) is 2.54. The predicted molar refractivity (Wildman–Crippen MR) is 57.2 cm³/mol. The molecule has 5 heteroatoms. The quantitative estimate of drug-likeness (QED) is 0.771. The molecule has 1 aliphatic rings. The minimum atomic E-state index is -3.26. The van der Waals surface area contributed by atoms with Gasteiger partial charge in [-0.05, 0) is 26.7 Å².